The molecule has 2 aliphatic heterocycles. The number of nitrogens with zero attached hydrogens (tertiary/aromatic N) is 4. The van der Waals surface area contributed by atoms with Crippen LogP contribution in [0.1, 0.15) is 16.0 Å². The lowest BCUT2D eigenvalue weighted by atomic mass is 10.1. The van der Waals surface area contributed by atoms with Crippen molar-refractivity contribution in [1.29, 1.82) is 0 Å². The molecule has 0 radical (unpaired) electrons. The molecule has 0 atom stereocenters. The number of benzene rings is 1. The van der Waals surface area contributed by atoms with E-state index in [1.54, 1.807) is 0 Å². The van der Waals surface area contributed by atoms with E-state index in [1.807, 2.05) is 11.3 Å². The summed E-state index contributed by atoms with van der Waals surface area (Å²) in [6.45, 7) is 12.5. The zero-order valence-corrected chi connectivity index (χ0v) is 18.2. The van der Waals surface area contributed by atoms with Crippen molar-refractivity contribution < 1.29 is 4.79 Å². The van der Waals surface area contributed by atoms with Gasteiger partial charge in [0.25, 0.3) is 0 Å². The second-order valence-corrected chi connectivity index (χ2v) is 9.31. The predicted octanol–water partition coefficient (Wildman–Crippen LogP) is 2.52. The van der Waals surface area contributed by atoms with Crippen LogP contribution in [0, 0.1) is 6.92 Å². The fourth-order valence-electron chi connectivity index (χ4n) is 4.24. The van der Waals surface area contributed by atoms with E-state index >= 15 is 0 Å². The molecule has 2 aliphatic rings. The van der Waals surface area contributed by atoms with Crippen LogP contribution in [-0.2, 0) is 17.9 Å². The lowest BCUT2D eigenvalue weighted by Crippen LogP contribution is -2.53. The van der Waals surface area contributed by atoms with Crippen molar-refractivity contribution in [2.24, 2.45) is 0 Å². The number of hydrogen-bond donors (Lipinski definition) is 0. The molecule has 5 nitrogen and oxygen atoms in total. The lowest BCUT2D eigenvalue weighted by molar-refractivity contribution is -0.134. The molecule has 29 heavy (non-hydrogen) atoms. The van der Waals surface area contributed by atoms with Crippen molar-refractivity contribution in [3.05, 3.63) is 57.8 Å². The molecule has 2 saturated heterocycles. The molecule has 156 valence electrons. The highest BCUT2D eigenvalue weighted by atomic mass is 32.1. The van der Waals surface area contributed by atoms with Gasteiger partial charge < -0.3 is 4.90 Å². The fourth-order valence-corrected chi connectivity index (χ4v) is 4.99. The van der Waals surface area contributed by atoms with Crippen LogP contribution >= 0.6 is 11.3 Å². The van der Waals surface area contributed by atoms with E-state index < -0.39 is 0 Å². The first-order chi connectivity index (χ1) is 14.2. The van der Waals surface area contributed by atoms with Gasteiger partial charge in [0, 0.05) is 70.3 Å². The summed E-state index contributed by atoms with van der Waals surface area (Å²) in [6, 6.07) is 13.1. The Morgan fingerprint density at radius 1 is 0.862 bits per heavy atom. The van der Waals surface area contributed by atoms with Crippen molar-refractivity contribution in [3.63, 3.8) is 0 Å². The highest BCUT2D eigenvalue weighted by Crippen LogP contribution is 2.14. The van der Waals surface area contributed by atoms with Gasteiger partial charge in [0.15, 0.2) is 0 Å². The average molecular weight is 413 g/mol. The molecule has 0 aliphatic carbocycles. The van der Waals surface area contributed by atoms with Gasteiger partial charge in [-0.2, -0.15) is 0 Å². The zero-order chi connectivity index (χ0) is 20.1. The highest BCUT2D eigenvalue weighted by Gasteiger charge is 2.24. The van der Waals surface area contributed by atoms with Crippen LogP contribution in [-0.4, -0.2) is 84.4 Å². The van der Waals surface area contributed by atoms with Gasteiger partial charge in [-0.1, -0.05) is 35.9 Å². The molecular formula is C23H32N4OS. The van der Waals surface area contributed by atoms with Crippen molar-refractivity contribution in [3.8, 4) is 0 Å². The van der Waals surface area contributed by atoms with Gasteiger partial charge in [0.2, 0.25) is 5.91 Å². The van der Waals surface area contributed by atoms with Crippen LogP contribution in [0.4, 0.5) is 0 Å². The summed E-state index contributed by atoms with van der Waals surface area (Å²) < 4.78 is 0. The van der Waals surface area contributed by atoms with Crippen LogP contribution in [0.5, 0.6) is 0 Å². The molecule has 2 fully saturated rings. The molecule has 0 bridgehead atoms. The fraction of sp³-hybridized carbons (Fsp3) is 0.522. The number of carbonyl (C=O) groups is 1. The minimum absolute atomic E-state index is 0.299. The molecule has 1 aromatic carbocycles. The minimum atomic E-state index is 0.299. The molecule has 6 heteroatoms. The molecule has 1 amide bonds. The predicted molar refractivity (Wildman–Crippen MR) is 119 cm³/mol. The molecule has 0 N–H and O–H groups in total. The minimum Gasteiger partial charge on any atom is -0.339 e. The quantitative estimate of drug-likeness (QED) is 0.729. The second kappa shape index (κ2) is 9.85. The van der Waals surface area contributed by atoms with E-state index in [9.17, 15) is 4.79 Å². The topological polar surface area (TPSA) is 30.0 Å². The van der Waals surface area contributed by atoms with E-state index in [0.29, 0.717) is 12.5 Å². The number of aryl methyl sites for hydroxylation is 1. The van der Waals surface area contributed by atoms with Gasteiger partial charge in [-0.05, 0) is 23.9 Å². The third-order valence-electron chi connectivity index (χ3n) is 6.00. The smallest absolute Gasteiger partial charge is 0.236 e. The highest BCUT2D eigenvalue weighted by molar-refractivity contribution is 7.09. The first-order valence-electron chi connectivity index (χ1n) is 10.7. The van der Waals surface area contributed by atoms with Gasteiger partial charge >= 0.3 is 0 Å². The number of thiophene rings is 1. The Balaban J connectivity index is 1.16. The van der Waals surface area contributed by atoms with E-state index in [4.69, 9.17) is 0 Å². The van der Waals surface area contributed by atoms with Crippen molar-refractivity contribution in [1.82, 2.24) is 19.6 Å². The van der Waals surface area contributed by atoms with Crippen LogP contribution in [0.15, 0.2) is 41.8 Å². The molecule has 0 spiro atoms. The molecule has 3 heterocycles. The van der Waals surface area contributed by atoms with Crippen molar-refractivity contribution in [2.75, 3.05) is 58.9 Å². The maximum absolute atomic E-state index is 12.8. The van der Waals surface area contributed by atoms with Gasteiger partial charge in [-0.25, -0.2) is 0 Å². The zero-order valence-electron chi connectivity index (χ0n) is 17.4. The number of amides is 1. The Hall–Kier alpha value is -1.73. The van der Waals surface area contributed by atoms with E-state index in [2.05, 4.69) is 68.3 Å². The molecule has 1 aromatic heterocycles. The van der Waals surface area contributed by atoms with E-state index in [-0.39, 0.29) is 0 Å². The Labute approximate surface area is 178 Å². The molecule has 0 unspecified atom stereocenters. The summed E-state index contributed by atoms with van der Waals surface area (Å²) in [5.41, 5.74) is 2.71. The summed E-state index contributed by atoms with van der Waals surface area (Å²) in [5.74, 6) is 0.299. The maximum atomic E-state index is 12.8. The van der Waals surface area contributed by atoms with Crippen LogP contribution in [0.2, 0.25) is 0 Å². The first kappa shape index (κ1) is 20.5. The summed E-state index contributed by atoms with van der Waals surface area (Å²) >= 11 is 1.82. The Morgan fingerprint density at radius 3 is 2.24 bits per heavy atom. The molecule has 4 rings (SSSR count). The lowest BCUT2D eigenvalue weighted by Gasteiger charge is -2.38. The van der Waals surface area contributed by atoms with E-state index in [0.717, 1.165) is 65.4 Å². The maximum Gasteiger partial charge on any atom is 0.236 e. The number of hydrogen-bond acceptors (Lipinski definition) is 5. The third kappa shape index (κ3) is 5.89. The van der Waals surface area contributed by atoms with Gasteiger partial charge in [0.05, 0.1) is 6.54 Å². The summed E-state index contributed by atoms with van der Waals surface area (Å²) in [4.78, 5) is 23.5. The van der Waals surface area contributed by atoms with Crippen LogP contribution in [0.3, 0.4) is 0 Å². The van der Waals surface area contributed by atoms with Gasteiger partial charge in [-0.15, -0.1) is 11.3 Å². The van der Waals surface area contributed by atoms with E-state index in [1.165, 1.54) is 16.0 Å². The number of piperazine rings is 2. The summed E-state index contributed by atoms with van der Waals surface area (Å²) in [5, 5.41) is 2.13. The monoisotopic (exact) mass is 412 g/mol. The second-order valence-electron chi connectivity index (χ2n) is 8.28. The Morgan fingerprint density at radius 2 is 1.55 bits per heavy atom. The first-order valence-corrected chi connectivity index (χ1v) is 11.6. The Kier molecular flexibility index (Phi) is 6.98. The third-order valence-corrected chi connectivity index (χ3v) is 6.86. The van der Waals surface area contributed by atoms with Crippen LogP contribution < -0.4 is 0 Å². The van der Waals surface area contributed by atoms with Crippen molar-refractivity contribution >= 4 is 17.2 Å². The van der Waals surface area contributed by atoms with Crippen LogP contribution in [0.25, 0.3) is 0 Å². The number of rotatable bonds is 6. The van der Waals surface area contributed by atoms with Crippen molar-refractivity contribution in [2.45, 2.75) is 20.0 Å². The van der Waals surface area contributed by atoms with Gasteiger partial charge in [0.1, 0.15) is 0 Å². The standard InChI is InChI=1S/C23H32N4OS/c1-20-4-2-5-21(16-20)17-24-7-9-26(10-8-24)19-23(28)27-13-11-25(12-14-27)18-22-6-3-15-29-22/h2-6,15-16H,7-14,17-19H2,1H3. The molecular weight excluding hydrogens is 380 g/mol. The normalized spacial score (nSPS) is 19.6. The summed E-state index contributed by atoms with van der Waals surface area (Å²) in [7, 11) is 0. The number of carbonyl (C=O) groups excluding carboxylic acids is 1. The SMILES string of the molecule is Cc1cccc(CN2CCN(CC(=O)N3CCN(Cc4cccs4)CC3)CC2)c1. The molecule has 0 saturated carbocycles. The average Bonchev–Trinajstić information content (AvgIpc) is 3.23. The van der Waals surface area contributed by atoms with Gasteiger partial charge in [-0.3, -0.25) is 19.5 Å². The Bertz CT molecular complexity index is 778. The molecule has 2 aromatic rings. The largest absolute Gasteiger partial charge is 0.339 e. The summed E-state index contributed by atoms with van der Waals surface area (Å²) in [6.07, 6.45) is 0.